The third-order valence-corrected chi connectivity index (χ3v) is 1.91. The van der Waals surface area contributed by atoms with Crippen LogP contribution in [0.2, 0.25) is 0 Å². The van der Waals surface area contributed by atoms with Gasteiger partial charge >= 0.3 is 0 Å². The fourth-order valence-corrected chi connectivity index (χ4v) is 1.04. The molecule has 1 atom stereocenters. The minimum Gasteiger partial charge on any atom is -0.396 e. The van der Waals surface area contributed by atoms with Crippen LogP contribution >= 0.6 is 24.8 Å². The summed E-state index contributed by atoms with van der Waals surface area (Å²) in [6, 6.07) is 0. The van der Waals surface area contributed by atoms with Crippen molar-refractivity contribution >= 4 is 29.0 Å². The summed E-state index contributed by atoms with van der Waals surface area (Å²) >= 11 is 8.76. The number of thiol groups is 1. The van der Waals surface area contributed by atoms with Gasteiger partial charge in [0.15, 0.2) is 0 Å². The summed E-state index contributed by atoms with van der Waals surface area (Å²) in [5.41, 5.74) is 0. The Labute approximate surface area is 66.9 Å². The normalized spacial score (nSPS) is 13.2. The summed E-state index contributed by atoms with van der Waals surface area (Å²) in [5, 5.41) is 8.69. The van der Waals surface area contributed by atoms with Crippen molar-refractivity contribution in [2.24, 2.45) is 5.92 Å². The molecule has 0 aliphatic heterocycles. The smallest absolute Gasteiger partial charge is 0.0513 e. The third kappa shape index (κ3) is 3.89. The van der Waals surface area contributed by atoms with Gasteiger partial charge < -0.3 is 5.11 Å². The van der Waals surface area contributed by atoms with Gasteiger partial charge in [0.2, 0.25) is 0 Å². The first-order valence-electron chi connectivity index (χ1n) is 3.06. The zero-order valence-electron chi connectivity index (χ0n) is 5.50. The largest absolute Gasteiger partial charge is 0.396 e. The van der Waals surface area contributed by atoms with Gasteiger partial charge in [-0.05, 0) is 6.42 Å². The number of aliphatic hydroxyl groups is 1. The maximum atomic E-state index is 8.69. The Morgan fingerprint density at radius 1 is 1.78 bits per heavy atom. The van der Waals surface area contributed by atoms with Crippen molar-refractivity contribution in [2.45, 2.75) is 19.8 Å². The van der Waals surface area contributed by atoms with Gasteiger partial charge in [0, 0.05) is 5.92 Å². The molecule has 0 heterocycles. The van der Waals surface area contributed by atoms with E-state index in [-0.39, 0.29) is 12.5 Å². The maximum Gasteiger partial charge on any atom is 0.0513 e. The SMILES string of the molecule is CCCC(CO)C(=S)S. The lowest BCUT2D eigenvalue weighted by Crippen LogP contribution is -2.11. The van der Waals surface area contributed by atoms with Crippen molar-refractivity contribution in [2.75, 3.05) is 6.61 Å². The summed E-state index contributed by atoms with van der Waals surface area (Å²) in [6.45, 7) is 2.20. The van der Waals surface area contributed by atoms with E-state index in [4.69, 9.17) is 17.3 Å². The highest BCUT2D eigenvalue weighted by atomic mass is 32.1. The van der Waals surface area contributed by atoms with E-state index in [0.29, 0.717) is 4.20 Å². The Balaban J connectivity index is 3.54. The number of rotatable bonds is 4. The summed E-state index contributed by atoms with van der Waals surface area (Å²) in [4.78, 5) is 0. The minimum absolute atomic E-state index is 0.119. The molecule has 0 radical (unpaired) electrons. The van der Waals surface area contributed by atoms with Crippen LogP contribution in [0.15, 0.2) is 0 Å². The number of hydrogen-bond donors (Lipinski definition) is 2. The highest BCUT2D eigenvalue weighted by Gasteiger charge is 2.07. The van der Waals surface area contributed by atoms with Gasteiger partial charge in [-0.1, -0.05) is 25.6 Å². The molecule has 0 aliphatic rings. The second-order valence-corrected chi connectivity index (χ2v) is 3.23. The van der Waals surface area contributed by atoms with Crippen molar-refractivity contribution in [1.29, 1.82) is 0 Å². The molecule has 1 unspecified atom stereocenters. The molecule has 1 N–H and O–H groups in total. The highest BCUT2D eigenvalue weighted by Crippen LogP contribution is 2.09. The van der Waals surface area contributed by atoms with Crippen molar-refractivity contribution < 1.29 is 5.11 Å². The van der Waals surface area contributed by atoms with Crippen LogP contribution in [0.3, 0.4) is 0 Å². The first kappa shape index (κ1) is 9.40. The Kier molecular flexibility index (Phi) is 5.44. The van der Waals surface area contributed by atoms with Gasteiger partial charge in [-0.3, -0.25) is 0 Å². The molecular weight excluding hydrogens is 152 g/mol. The molecule has 0 fully saturated rings. The molecule has 0 saturated heterocycles. The molecule has 54 valence electrons. The lowest BCUT2D eigenvalue weighted by molar-refractivity contribution is 0.257. The number of hydrogen-bond acceptors (Lipinski definition) is 2. The third-order valence-electron chi connectivity index (χ3n) is 1.21. The van der Waals surface area contributed by atoms with E-state index in [1.165, 1.54) is 0 Å². The first-order valence-corrected chi connectivity index (χ1v) is 3.91. The Bertz CT molecular complexity index is 93.1. The first-order chi connectivity index (χ1) is 4.22. The zero-order chi connectivity index (χ0) is 7.28. The molecule has 9 heavy (non-hydrogen) atoms. The lowest BCUT2D eigenvalue weighted by atomic mass is 10.1. The Hall–Kier alpha value is 0.400. The summed E-state index contributed by atoms with van der Waals surface area (Å²) in [6.07, 6.45) is 1.99. The minimum atomic E-state index is 0.119. The molecule has 0 rings (SSSR count). The molecule has 0 aromatic carbocycles. The van der Waals surface area contributed by atoms with Gasteiger partial charge in [0.05, 0.1) is 10.8 Å². The predicted octanol–water partition coefficient (Wildman–Crippen LogP) is 1.65. The fraction of sp³-hybridized carbons (Fsp3) is 0.833. The molecule has 0 amide bonds. The van der Waals surface area contributed by atoms with Gasteiger partial charge in [-0.2, -0.15) is 0 Å². The molecule has 1 nitrogen and oxygen atoms in total. The second kappa shape index (κ2) is 5.21. The van der Waals surface area contributed by atoms with Crippen LogP contribution in [0.5, 0.6) is 0 Å². The van der Waals surface area contributed by atoms with Crippen LogP contribution in [-0.2, 0) is 0 Å². The number of thiocarbonyl (C=S) groups is 1. The van der Waals surface area contributed by atoms with Crippen LogP contribution in [0, 0.1) is 5.92 Å². The molecular formula is C6H12OS2. The Morgan fingerprint density at radius 2 is 2.33 bits per heavy atom. The zero-order valence-corrected chi connectivity index (χ0v) is 7.21. The lowest BCUT2D eigenvalue weighted by Gasteiger charge is -2.08. The molecule has 0 aliphatic carbocycles. The van der Waals surface area contributed by atoms with E-state index in [1.54, 1.807) is 0 Å². The van der Waals surface area contributed by atoms with Gasteiger partial charge in [-0.15, -0.1) is 12.6 Å². The van der Waals surface area contributed by atoms with Crippen LogP contribution in [0.4, 0.5) is 0 Å². The predicted molar refractivity (Wildman–Crippen MR) is 47.1 cm³/mol. The van der Waals surface area contributed by atoms with E-state index in [0.717, 1.165) is 12.8 Å². The van der Waals surface area contributed by atoms with Gasteiger partial charge in [-0.25, -0.2) is 0 Å². The summed E-state index contributed by atoms with van der Waals surface area (Å²) < 4.78 is 0.624. The molecule has 0 aromatic heterocycles. The fourth-order valence-electron chi connectivity index (χ4n) is 0.641. The summed E-state index contributed by atoms with van der Waals surface area (Å²) in [5.74, 6) is 0.119. The monoisotopic (exact) mass is 164 g/mol. The van der Waals surface area contributed by atoms with E-state index < -0.39 is 0 Å². The second-order valence-electron chi connectivity index (χ2n) is 2.01. The standard InChI is InChI=1S/C6H12OS2/c1-2-3-5(4-7)6(8)9/h5,7H,2-4H2,1H3,(H,8,9). The molecule has 0 bridgehead atoms. The average molecular weight is 164 g/mol. The van der Waals surface area contributed by atoms with E-state index >= 15 is 0 Å². The Morgan fingerprint density at radius 3 is 2.44 bits per heavy atom. The van der Waals surface area contributed by atoms with Gasteiger partial charge in [0.25, 0.3) is 0 Å². The topological polar surface area (TPSA) is 20.2 Å². The van der Waals surface area contributed by atoms with Crippen LogP contribution in [0.25, 0.3) is 0 Å². The van der Waals surface area contributed by atoms with E-state index in [9.17, 15) is 0 Å². The molecule has 0 aromatic rings. The number of aliphatic hydroxyl groups excluding tert-OH is 1. The molecule has 3 heteroatoms. The maximum absolute atomic E-state index is 8.69. The van der Waals surface area contributed by atoms with Crippen molar-refractivity contribution in [3.05, 3.63) is 0 Å². The summed E-state index contributed by atoms with van der Waals surface area (Å²) in [7, 11) is 0. The van der Waals surface area contributed by atoms with Crippen LogP contribution in [-0.4, -0.2) is 15.9 Å². The quantitative estimate of drug-likeness (QED) is 0.487. The van der Waals surface area contributed by atoms with E-state index in [2.05, 4.69) is 19.6 Å². The van der Waals surface area contributed by atoms with Gasteiger partial charge in [0.1, 0.15) is 0 Å². The van der Waals surface area contributed by atoms with Crippen molar-refractivity contribution in [3.8, 4) is 0 Å². The van der Waals surface area contributed by atoms with Crippen molar-refractivity contribution in [1.82, 2.24) is 0 Å². The average Bonchev–Trinajstić information content (AvgIpc) is 1.82. The van der Waals surface area contributed by atoms with E-state index in [1.807, 2.05) is 0 Å². The highest BCUT2D eigenvalue weighted by molar-refractivity contribution is 8.11. The van der Waals surface area contributed by atoms with Crippen LogP contribution < -0.4 is 0 Å². The molecule has 0 spiro atoms. The van der Waals surface area contributed by atoms with Crippen LogP contribution in [0.1, 0.15) is 19.8 Å². The van der Waals surface area contributed by atoms with Crippen molar-refractivity contribution in [3.63, 3.8) is 0 Å². The molecule has 0 saturated carbocycles.